The van der Waals surface area contributed by atoms with Crippen molar-refractivity contribution in [1.82, 2.24) is 0 Å². The molecule has 0 amide bonds. The summed E-state index contributed by atoms with van der Waals surface area (Å²) < 4.78 is 0. The molecule has 1 nitrogen and oxygen atoms in total. The quantitative estimate of drug-likeness (QED) is 0.650. The minimum absolute atomic E-state index is 0.368. The van der Waals surface area contributed by atoms with Gasteiger partial charge in [0.15, 0.2) is 0 Å². The summed E-state index contributed by atoms with van der Waals surface area (Å²) in [6.45, 7) is 4.81. The summed E-state index contributed by atoms with van der Waals surface area (Å²) in [6.07, 6.45) is 13.7. The average molecular weight is 261 g/mol. The van der Waals surface area contributed by atoms with Crippen LogP contribution in [0.4, 0.5) is 0 Å². The summed E-state index contributed by atoms with van der Waals surface area (Å²) in [4.78, 5) is 0. The highest BCUT2D eigenvalue weighted by atomic mass is 14.4. The van der Waals surface area contributed by atoms with E-state index in [4.69, 9.17) is 5.26 Å². The Kier molecular flexibility index (Phi) is 5.74. The molecule has 0 saturated heterocycles. The Balaban J connectivity index is 1.78. The summed E-state index contributed by atoms with van der Waals surface area (Å²) in [6, 6.07) is 2.47. The summed E-state index contributed by atoms with van der Waals surface area (Å²) in [5.74, 6) is 4.22. The van der Waals surface area contributed by atoms with Crippen molar-refractivity contribution in [3.05, 3.63) is 0 Å². The lowest BCUT2D eigenvalue weighted by Crippen LogP contribution is -2.31. The van der Waals surface area contributed by atoms with Crippen LogP contribution in [0.1, 0.15) is 78.1 Å². The van der Waals surface area contributed by atoms with Crippen LogP contribution in [0.5, 0.6) is 0 Å². The molecule has 0 aliphatic heterocycles. The molecule has 2 fully saturated rings. The maximum atomic E-state index is 9.01. The van der Waals surface area contributed by atoms with Gasteiger partial charge in [-0.15, -0.1) is 0 Å². The summed E-state index contributed by atoms with van der Waals surface area (Å²) in [7, 11) is 0. The standard InChI is InChI=1S/C18H31N/c1-3-4-5-15-8-11-18(14(2)12-15)17-9-6-16(13-19)7-10-17/h14-18H,3-12H2,1-2H3/t14-,15+,16-,17-,18?/m1/s1. The van der Waals surface area contributed by atoms with Gasteiger partial charge in [0.2, 0.25) is 0 Å². The molecule has 0 aromatic carbocycles. The number of nitriles is 1. The van der Waals surface area contributed by atoms with E-state index >= 15 is 0 Å². The lowest BCUT2D eigenvalue weighted by atomic mass is 9.64. The molecular formula is C18H31N. The van der Waals surface area contributed by atoms with E-state index in [9.17, 15) is 0 Å². The van der Waals surface area contributed by atoms with Crippen LogP contribution in [0.25, 0.3) is 0 Å². The fourth-order valence-electron chi connectivity index (χ4n) is 4.66. The van der Waals surface area contributed by atoms with Crippen LogP contribution in [0, 0.1) is 40.9 Å². The predicted molar refractivity (Wildman–Crippen MR) is 80.6 cm³/mol. The Bertz CT molecular complexity index is 295. The van der Waals surface area contributed by atoms with Gasteiger partial charge in [-0.05, 0) is 62.2 Å². The molecule has 0 aromatic heterocycles. The van der Waals surface area contributed by atoms with Crippen molar-refractivity contribution >= 4 is 0 Å². The Morgan fingerprint density at radius 3 is 2.37 bits per heavy atom. The number of unbranched alkanes of at least 4 members (excludes halogenated alkanes) is 1. The first-order valence-electron chi connectivity index (χ1n) is 8.64. The number of rotatable bonds is 4. The first-order chi connectivity index (χ1) is 9.24. The van der Waals surface area contributed by atoms with Gasteiger partial charge in [-0.1, -0.05) is 39.5 Å². The Hall–Kier alpha value is -0.510. The third kappa shape index (κ3) is 3.98. The molecule has 0 bridgehead atoms. The zero-order chi connectivity index (χ0) is 13.7. The van der Waals surface area contributed by atoms with Crippen LogP contribution in [-0.2, 0) is 0 Å². The highest BCUT2D eigenvalue weighted by molar-refractivity contribution is 4.90. The third-order valence-corrected chi connectivity index (χ3v) is 5.87. The van der Waals surface area contributed by atoms with Gasteiger partial charge >= 0.3 is 0 Å². The lowest BCUT2D eigenvalue weighted by molar-refractivity contribution is 0.0996. The van der Waals surface area contributed by atoms with E-state index in [1.54, 1.807) is 0 Å². The van der Waals surface area contributed by atoms with Crippen molar-refractivity contribution in [2.45, 2.75) is 78.1 Å². The summed E-state index contributed by atoms with van der Waals surface area (Å²) in [5.41, 5.74) is 0. The number of hydrogen-bond donors (Lipinski definition) is 0. The smallest absolute Gasteiger partial charge is 0.0655 e. The van der Waals surface area contributed by atoms with Gasteiger partial charge in [0.1, 0.15) is 0 Å². The zero-order valence-electron chi connectivity index (χ0n) is 12.9. The van der Waals surface area contributed by atoms with E-state index in [2.05, 4.69) is 19.9 Å². The minimum Gasteiger partial charge on any atom is -0.198 e. The topological polar surface area (TPSA) is 23.8 Å². The molecule has 2 aliphatic carbocycles. The molecule has 0 heterocycles. The van der Waals surface area contributed by atoms with Crippen molar-refractivity contribution in [2.75, 3.05) is 0 Å². The molecule has 0 N–H and O–H groups in total. The van der Waals surface area contributed by atoms with E-state index in [0.29, 0.717) is 5.92 Å². The molecule has 2 rings (SSSR count). The largest absolute Gasteiger partial charge is 0.198 e. The molecule has 0 aromatic rings. The Morgan fingerprint density at radius 1 is 1.05 bits per heavy atom. The lowest BCUT2D eigenvalue weighted by Gasteiger charge is -2.41. The van der Waals surface area contributed by atoms with Gasteiger partial charge in [-0.25, -0.2) is 0 Å². The molecule has 108 valence electrons. The van der Waals surface area contributed by atoms with Crippen molar-refractivity contribution in [3.63, 3.8) is 0 Å². The maximum Gasteiger partial charge on any atom is 0.0655 e. The van der Waals surface area contributed by atoms with Crippen LogP contribution in [0.3, 0.4) is 0 Å². The van der Waals surface area contributed by atoms with Crippen LogP contribution >= 0.6 is 0 Å². The molecule has 2 aliphatic rings. The van der Waals surface area contributed by atoms with E-state index in [1.807, 2.05) is 0 Å². The summed E-state index contributed by atoms with van der Waals surface area (Å²) >= 11 is 0. The van der Waals surface area contributed by atoms with Gasteiger partial charge in [0, 0.05) is 5.92 Å². The Morgan fingerprint density at radius 2 is 1.79 bits per heavy atom. The molecule has 3 atom stereocenters. The fourth-order valence-corrected chi connectivity index (χ4v) is 4.66. The van der Waals surface area contributed by atoms with Crippen molar-refractivity contribution < 1.29 is 0 Å². The monoisotopic (exact) mass is 261 g/mol. The highest BCUT2D eigenvalue weighted by Gasteiger charge is 2.34. The maximum absolute atomic E-state index is 9.01. The van der Waals surface area contributed by atoms with Crippen LogP contribution in [0.15, 0.2) is 0 Å². The van der Waals surface area contributed by atoms with Crippen LogP contribution in [0.2, 0.25) is 0 Å². The second-order valence-corrected chi connectivity index (χ2v) is 7.20. The molecule has 1 heteroatoms. The normalized spacial score (nSPS) is 39.7. The third-order valence-electron chi connectivity index (χ3n) is 5.87. The van der Waals surface area contributed by atoms with E-state index < -0.39 is 0 Å². The van der Waals surface area contributed by atoms with Gasteiger partial charge in [0.25, 0.3) is 0 Å². The Labute approximate surface area is 119 Å². The minimum atomic E-state index is 0.368. The average Bonchev–Trinajstić information content (AvgIpc) is 2.45. The highest BCUT2D eigenvalue weighted by Crippen LogP contribution is 2.44. The van der Waals surface area contributed by atoms with Crippen LogP contribution < -0.4 is 0 Å². The SMILES string of the molecule is CCCC[C@H]1CCC([C@H]2CC[C@H](C#N)CC2)[C@H](C)C1. The molecule has 2 saturated carbocycles. The van der Waals surface area contributed by atoms with Gasteiger partial charge in [-0.3, -0.25) is 0 Å². The van der Waals surface area contributed by atoms with Crippen LogP contribution in [-0.4, -0.2) is 0 Å². The molecule has 19 heavy (non-hydrogen) atoms. The summed E-state index contributed by atoms with van der Waals surface area (Å²) in [5, 5.41) is 9.01. The first kappa shape index (κ1) is 14.9. The van der Waals surface area contributed by atoms with Gasteiger partial charge in [-0.2, -0.15) is 5.26 Å². The predicted octanol–water partition coefficient (Wildman–Crippen LogP) is 5.56. The second-order valence-electron chi connectivity index (χ2n) is 7.20. The molecule has 0 spiro atoms. The van der Waals surface area contributed by atoms with E-state index in [-0.39, 0.29) is 0 Å². The molecule has 0 radical (unpaired) electrons. The van der Waals surface area contributed by atoms with E-state index in [0.717, 1.165) is 23.7 Å². The number of nitrogens with zero attached hydrogens (tertiary/aromatic N) is 1. The van der Waals surface area contributed by atoms with E-state index in [1.165, 1.54) is 64.2 Å². The van der Waals surface area contributed by atoms with Crippen molar-refractivity contribution in [3.8, 4) is 6.07 Å². The first-order valence-corrected chi connectivity index (χ1v) is 8.64. The van der Waals surface area contributed by atoms with Gasteiger partial charge < -0.3 is 0 Å². The molecular weight excluding hydrogens is 230 g/mol. The second kappa shape index (κ2) is 7.32. The zero-order valence-corrected chi connectivity index (χ0v) is 12.9. The fraction of sp³-hybridized carbons (Fsp3) is 0.944. The van der Waals surface area contributed by atoms with Crippen molar-refractivity contribution in [2.24, 2.45) is 29.6 Å². The molecule has 1 unspecified atom stereocenters. The number of hydrogen-bond acceptors (Lipinski definition) is 1. The van der Waals surface area contributed by atoms with Gasteiger partial charge in [0.05, 0.1) is 6.07 Å². The van der Waals surface area contributed by atoms with Crippen molar-refractivity contribution in [1.29, 1.82) is 5.26 Å².